The molecule has 0 aliphatic carbocycles. The van der Waals surface area contributed by atoms with Crippen molar-refractivity contribution >= 4 is 11.8 Å². The Balaban J connectivity index is 2.04. The molecule has 0 spiro atoms. The summed E-state index contributed by atoms with van der Waals surface area (Å²) >= 11 is 0. The SMILES string of the molecule is CNC(=O)C1COCCN1C(=O)C(N)Cc1ccccc1. The zero-order chi connectivity index (χ0) is 15.2. The first-order valence-corrected chi connectivity index (χ1v) is 7.03. The lowest BCUT2D eigenvalue weighted by Crippen LogP contribution is -2.59. The highest BCUT2D eigenvalue weighted by molar-refractivity contribution is 5.90. The Morgan fingerprint density at radius 2 is 2.14 bits per heavy atom. The molecule has 2 unspecified atom stereocenters. The fraction of sp³-hybridized carbons (Fsp3) is 0.467. The zero-order valence-corrected chi connectivity index (χ0v) is 12.1. The number of likely N-dealkylation sites (N-methyl/N-ethyl adjacent to an activating group) is 1. The molecule has 1 fully saturated rings. The summed E-state index contributed by atoms with van der Waals surface area (Å²) in [5.41, 5.74) is 7.02. The molecule has 1 saturated heterocycles. The highest BCUT2D eigenvalue weighted by Gasteiger charge is 2.34. The fourth-order valence-corrected chi connectivity index (χ4v) is 2.42. The zero-order valence-electron chi connectivity index (χ0n) is 12.1. The molecule has 6 nitrogen and oxygen atoms in total. The molecule has 1 aromatic rings. The molecular formula is C15H21N3O3. The Hall–Kier alpha value is -1.92. The van der Waals surface area contributed by atoms with Crippen molar-refractivity contribution in [3.63, 3.8) is 0 Å². The molecule has 2 amide bonds. The number of morpholine rings is 1. The summed E-state index contributed by atoms with van der Waals surface area (Å²) < 4.78 is 5.29. The van der Waals surface area contributed by atoms with Gasteiger partial charge < -0.3 is 20.7 Å². The third-order valence-corrected chi connectivity index (χ3v) is 3.58. The average molecular weight is 291 g/mol. The van der Waals surface area contributed by atoms with Crippen molar-refractivity contribution in [1.82, 2.24) is 10.2 Å². The van der Waals surface area contributed by atoms with Crippen molar-refractivity contribution in [2.45, 2.75) is 18.5 Å². The Bertz CT molecular complexity index is 492. The van der Waals surface area contributed by atoms with Crippen LogP contribution in [0.25, 0.3) is 0 Å². The molecule has 0 saturated carbocycles. The van der Waals surface area contributed by atoms with Gasteiger partial charge in [0.2, 0.25) is 11.8 Å². The number of amides is 2. The van der Waals surface area contributed by atoms with Gasteiger partial charge in [-0.1, -0.05) is 30.3 Å². The molecule has 114 valence electrons. The van der Waals surface area contributed by atoms with Crippen molar-refractivity contribution < 1.29 is 14.3 Å². The fourth-order valence-electron chi connectivity index (χ4n) is 2.42. The summed E-state index contributed by atoms with van der Waals surface area (Å²) in [7, 11) is 1.55. The molecular weight excluding hydrogens is 270 g/mol. The van der Waals surface area contributed by atoms with Gasteiger partial charge in [0.05, 0.1) is 19.3 Å². The van der Waals surface area contributed by atoms with E-state index in [2.05, 4.69) is 5.32 Å². The maximum Gasteiger partial charge on any atom is 0.244 e. The van der Waals surface area contributed by atoms with E-state index in [0.29, 0.717) is 19.6 Å². The van der Waals surface area contributed by atoms with Crippen LogP contribution in [0.1, 0.15) is 5.56 Å². The number of hydrogen-bond donors (Lipinski definition) is 2. The minimum atomic E-state index is -0.655. The van der Waals surface area contributed by atoms with E-state index in [1.54, 1.807) is 7.05 Å². The topological polar surface area (TPSA) is 84.7 Å². The highest BCUT2D eigenvalue weighted by Crippen LogP contribution is 2.11. The molecule has 6 heteroatoms. The second-order valence-corrected chi connectivity index (χ2v) is 5.03. The van der Waals surface area contributed by atoms with Gasteiger partial charge in [-0.3, -0.25) is 9.59 Å². The molecule has 0 bridgehead atoms. The normalized spacial score (nSPS) is 19.9. The summed E-state index contributed by atoms with van der Waals surface area (Å²) in [6.07, 6.45) is 0.456. The molecule has 1 aromatic carbocycles. The van der Waals surface area contributed by atoms with Crippen LogP contribution in [0, 0.1) is 0 Å². The van der Waals surface area contributed by atoms with Crippen LogP contribution in [0.2, 0.25) is 0 Å². The van der Waals surface area contributed by atoms with E-state index in [0.717, 1.165) is 5.56 Å². The van der Waals surface area contributed by atoms with Gasteiger partial charge in [0.25, 0.3) is 0 Å². The van der Waals surface area contributed by atoms with Crippen LogP contribution in [0.15, 0.2) is 30.3 Å². The first-order chi connectivity index (χ1) is 10.1. The Morgan fingerprint density at radius 3 is 2.81 bits per heavy atom. The number of carbonyl (C=O) groups excluding carboxylic acids is 2. The molecule has 1 aliphatic heterocycles. The first kappa shape index (κ1) is 15.5. The van der Waals surface area contributed by atoms with Crippen LogP contribution in [0.4, 0.5) is 0 Å². The van der Waals surface area contributed by atoms with Gasteiger partial charge >= 0.3 is 0 Å². The van der Waals surface area contributed by atoms with Crippen molar-refractivity contribution in [1.29, 1.82) is 0 Å². The standard InChI is InChI=1S/C15H21N3O3/c1-17-14(19)13-10-21-8-7-18(13)15(20)12(16)9-11-5-3-2-4-6-11/h2-6,12-13H,7-10,16H2,1H3,(H,17,19). The van der Waals surface area contributed by atoms with Gasteiger partial charge in [0.15, 0.2) is 0 Å². The van der Waals surface area contributed by atoms with E-state index in [4.69, 9.17) is 10.5 Å². The monoisotopic (exact) mass is 291 g/mol. The summed E-state index contributed by atoms with van der Waals surface area (Å²) in [6.45, 7) is 1.03. The van der Waals surface area contributed by atoms with E-state index >= 15 is 0 Å². The number of benzene rings is 1. The second kappa shape index (κ2) is 7.19. The molecule has 2 rings (SSSR count). The summed E-state index contributed by atoms with van der Waals surface area (Å²) in [6, 6.07) is 8.35. The molecule has 0 aromatic heterocycles. The maximum absolute atomic E-state index is 12.5. The second-order valence-electron chi connectivity index (χ2n) is 5.03. The van der Waals surface area contributed by atoms with E-state index in [1.165, 1.54) is 4.90 Å². The van der Waals surface area contributed by atoms with Gasteiger partial charge in [-0.2, -0.15) is 0 Å². The number of carbonyl (C=O) groups is 2. The van der Waals surface area contributed by atoms with Gasteiger partial charge in [-0.25, -0.2) is 0 Å². The van der Waals surface area contributed by atoms with Gasteiger partial charge in [-0.05, 0) is 12.0 Å². The van der Waals surface area contributed by atoms with E-state index in [9.17, 15) is 9.59 Å². The molecule has 2 atom stereocenters. The molecule has 21 heavy (non-hydrogen) atoms. The van der Waals surface area contributed by atoms with E-state index in [1.807, 2.05) is 30.3 Å². The number of nitrogens with zero attached hydrogens (tertiary/aromatic N) is 1. The Kier molecular flexibility index (Phi) is 5.30. The summed E-state index contributed by atoms with van der Waals surface area (Å²) in [4.78, 5) is 25.9. The van der Waals surface area contributed by atoms with Crippen molar-refractivity contribution in [3.8, 4) is 0 Å². The minimum Gasteiger partial charge on any atom is -0.377 e. The van der Waals surface area contributed by atoms with E-state index < -0.39 is 12.1 Å². The van der Waals surface area contributed by atoms with Gasteiger partial charge in [0, 0.05) is 13.6 Å². The summed E-state index contributed by atoms with van der Waals surface area (Å²) in [5.74, 6) is -0.439. The van der Waals surface area contributed by atoms with Gasteiger partial charge in [0.1, 0.15) is 6.04 Å². The molecule has 3 N–H and O–H groups in total. The number of nitrogens with one attached hydrogen (secondary N) is 1. The minimum absolute atomic E-state index is 0.212. The Labute approximate surface area is 124 Å². The number of ether oxygens (including phenoxy) is 1. The van der Waals surface area contributed by atoms with Gasteiger partial charge in [-0.15, -0.1) is 0 Å². The van der Waals surface area contributed by atoms with Crippen molar-refractivity contribution in [2.24, 2.45) is 5.73 Å². The predicted octanol–water partition coefficient (Wildman–Crippen LogP) is -0.470. The molecule has 0 radical (unpaired) electrons. The quantitative estimate of drug-likeness (QED) is 0.785. The molecule has 1 aliphatic rings. The maximum atomic E-state index is 12.5. The lowest BCUT2D eigenvalue weighted by molar-refractivity contribution is -0.149. The van der Waals surface area contributed by atoms with Crippen molar-refractivity contribution in [3.05, 3.63) is 35.9 Å². The highest BCUT2D eigenvalue weighted by atomic mass is 16.5. The van der Waals surface area contributed by atoms with Crippen LogP contribution in [0.3, 0.4) is 0 Å². The smallest absolute Gasteiger partial charge is 0.244 e. The number of nitrogens with two attached hydrogens (primary N) is 1. The van der Waals surface area contributed by atoms with Crippen LogP contribution in [-0.2, 0) is 20.7 Å². The van der Waals surface area contributed by atoms with Crippen LogP contribution in [0.5, 0.6) is 0 Å². The number of hydrogen-bond acceptors (Lipinski definition) is 4. The van der Waals surface area contributed by atoms with Crippen LogP contribution < -0.4 is 11.1 Å². The lowest BCUT2D eigenvalue weighted by atomic mass is 10.0. The Morgan fingerprint density at radius 1 is 1.43 bits per heavy atom. The molecule has 1 heterocycles. The van der Waals surface area contributed by atoms with Crippen LogP contribution >= 0.6 is 0 Å². The third-order valence-electron chi connectivity index (χ3n) is 3.58. The van der Waals surface area contributed by atoms with E-state index in [-0.39, 0.29) is 18.4 Å². The summed E-state index contributed by atoms with van der Waals surface area (Å²) in [5, 5.41) is 2.55. The predicted molar refractivity (Wildman–Crippen MR) is 78.5 cm³/mol. The first-order valence-electron chi connectivity index (χ1n) is 7.03. The lowest BCUT2D eigenvalue weighted by Gasteiger charge is -2.35. The van der Waals surface area contributed by atoms with Crippen LogP contribution in [-0.4, -0.2) is 55.6 Å². The number of rotatable bonds is 4. The third kappa shape index (κ3) is 3.80. The van der Waals surface area contributed by atoms with Crippen molar-refractivity contribution in [2.75, 3.05) is 26.8 Å². The average Bonchev–Trinajstić information content (AvgIpc) is 2.54. The largest absolute Gasteiger partial charge is 0.377 e.